The number of hydrogen-bond donors (Lipinski definition) is 2. The van der Waals surface area contributed by atoms with E-state index in [1.165, 1.54) is 4.31 Å². The minimum atomic E-state index is -3.15. The number of nitrogens with zero attached hydrogens (tertiary/aromatic N) is 1. The predicted octanol–water partition coefficient (Wildman–Crippen LogP) is 1.31. The van der Waals surface area contributed by atoms with Crippen LogP contribution < -0.4 is 14.9 Å². The number of carbonyl (C=O) groups excluding carboxylic acids is 1. The zero-order chi connectivity index (χ0) is 15.6. The number of amides is 1. The Morgan fingerprint density at radius 2 is 2.05 bits per heavy atom. The van der Waals surface area contributed by atoms with Crippen molar-refractivity contribution in [2.24, 2.45) is 0 Å². The molecule has 0 aliphatic carbocycles. The van der Waals surface area contributed by atoms with Gasteiger partial charge in [0, 0.05) is 24.7 Å². The van der Waals surface area contributed by atoms with Crippen LogP contribution >= 0.6 is 0 Å². The van der Waals surface area contributed by atoms with Crippen molar-refractivity contribution in [1.29, 1.82) is 0 Å². The summed E-state index contributed by atoms with van der Waals surface area (Å²) in [5.74, 6) is 0.195. The van der Waals surface area contributed by atoms with E-state index in [0.717, 1.165) is 19.4 Å². The zero-order valence-corrected chi connectivity index (χ0v) is 13.2. The van der Waals surface area contributed by atoms with Crippen LogP contribution in [0.15, 0.2) is 24.3 Å². The topological polar surface area (TPSA) is 78.5 Å². The molecule has 22 heavy (non-hydrogen) atoms. The number of carbonyl (C=O) groups is 1. The maximum absolute atomic E-state index is 12.0. The summed E-state index contributed by atoms with van der Waals surface area (Å²) < 4.78 is 25.2. The third-order valence-corrected chi connectivity index (χ3v) is 6.00. The molecule has 2 N–H and O–H groups in total. The fourth-order valence-corrected chi connectivity index (χ4v) is 4.57. The van der Waals surface area contributed by atoms with Crippen molar-refractivity contribution in [3.63, 3.8) is 0 Å². The molecule has 0 saturated carbocycles. The van der Waals surface area contributed by atoms with Crippen molar-refractivity contribution in [3.8, 4) is 0 Å². The van der Waals surface area contributed by atoms with Gasteiger partial charge in [-0.25, -0.2) is 8.42 Å². The van der Waals surface area contributed by atoms with Crippen LogP contribution in [0.4, 0.5) is 11.4 Å². The Hall–Kier alpha value is -1.60. The van der Waals surface area contributed by atoms with Gasteiger partial charge in [-0.2, -0.15) is 0 Å². The molecule has 2 saturated heterocycles. The lowest BCUT2D eigenvalue weighted by molar-refractivity contribution is -0.116. The fourth-order valence-electron chi connectivity index (χ4n) is 3.01. The lowest BCUT2D eigenvalue weighted by Gasteiger charge is -2.17. The molecule has 0 spiro atoms. The second-order valence-corrected chi connectivity index (χ2v) is 7.85. The second-order valence-electron chi connectivity index (χ2n) is 5.83. The number of benzene rings is 1. The molecule has 0 bridgehead atoms. The molecule has 1 unspecified atom stereocenters. The van der Waals surface area contributed by atoms with Crippen LogP contribution in [0, 0.1) is 0 Å². The summed E-state index contributed by atoms with van der Waals surface area (Å²) in [5.41, 5.74) is 1.36. The monoisotopic (exact) mass is 323 g/mol. The quantitative estimate of drug-likeness (QED) is 0.875. The minimum Gasteiger partial charge on any atom is -0.326 e. The normalized spacial score (nSPS) is 23.6. The summed E-state index contributed by atoms with van der Waals surface area (Å²) in [6, 6.07) is 7.26. The molecule has 120 valence electrons. The Kier molecular flexibility index (Phi) is 4.35. The maximum Gasteiger partial charge on any atom is 0.235 e. The van der Waals surface area contributed by atoms with Gasteiger partial charge in [0.15, 0.2) is 0 Å². The van der Waals surface area contributed by atoms with E-state index in [4.69, 9.17) is 0 Å². The smallest absolute Gasteiger partial charge is 0.235 e. The van der Waals surface area contributed by atoms with Gasteiger partial charge in [0.1, 0.15) is 0 Å². The van der Waals surface area contributed by atoms with E-state index < -0.39 is 10.0 Å². The SMILES string of the molecule is O=C(CC1CCCN1)Nc1ccc(N2CCCS2(=O)=O)cc1. The standard InChI is InChI=1S/C15H21N3O3S/c19-15(11-13-3-1-8-16-13)17-12-4-6-14(7-5-12)18-9-2-10-22(18,20)21/h4-7,13,16H,1-3,8-11H2,(H,17,19). The first-order valence-corrected chi connectivity index (χ1v) is 9.29. The number of rotatable bonds is 4. The molecule has 3 rings (SSSR count). The number of nitrogens with one attached hydrogen (secondary N) is 2. The summed E-state index contributed by atoms with van der Waals surface area (Å²) in [4.78, 5) is 12.0. The first kappa shape index (κ1) is 15.3. The molecule has 2 aliphatic rings. The van der Waals surface area contributed by atoms with Gasteiger partial charge in [0.05, 0.1) is 11.4 Å². The Morgan fingerprint density at radius 3 is 2.64 bits per heavy atom. The van der Waals surface area contributed by atoms with E-state index in [0.29, 0.717) is 30.8 Å². The maximum atomic E-state index is 12.0. The van der Waals surface area contributed by atoms with Crippen molar-refractivity contribution >= 4 is 27.3 Å². The zero-order valence-electron chi connectivity index (χ0n) is 12.4. The van der Waals surface area contributed by atoms with Gasteiger partial charge in [0.2, 0.25) is 15.9 Å². The van der Waals surface area contributed by atoms with Gasteiger partial charge in [0.25, 0.3) is 0 Å². The highest BCUT2D eigenvalue weighted by atomic mass is 32.2. The van der Waals surface area contributed by atoms with Gasteiger partial charge < -0.3 is 10.6 Å². The van der Waals surface area contributed by atoms with Crippen molar-refractivity contribution in [1.82, 2.24) is 5.32 Å². The van der Waals surface area contributed by atoms with Gasteiger partial charge in [-0.1, -0.05) is 0 Å². The van der Waals surface area contributed by atoms with Gasteiger partial charge >= 0.3 is 0 Å². The summed E-state index contributed by atoms with van der Waals surface area (Å²) in [6.45, 7) is 1.51. The molecule has 2 aliphatic heterocycles. The highest BCUT2D eigenvalue weighted by Gasteiger charge is 2.28. The first-order chi connectivity index (χ1) is 10.5. The highest BCUT2D eigenvalue weighted by Crippen LogP contribution is 2.25. The van der Waals surface area contributed by atoms with Crippen LogP contribution in [0.2, 0.25) is 0 Å². The number of anilines is 2. The molecule has 1 aromatic carbocycles. The summed E-state index contributed by atoms with van der Waals surface area (Å²) in [6.07, 6.45) is 3.30. The summed E-state index contributed by atoms with van der Waals surface area (Å²) in [5, 5.41) is 6.15. The number of hydrogen-bond acceptors (Lipinski definition) is 4. The van der Waals surface area contributed by atoms with Crippen molar-refractivity contribution in [2.75, 3.05) is 28.5 Å². The average Bonchev–Trinajstić information content (AvgIpc) is 3.09. The molecule has 1 amide bonds. The summed E-state index contributed by atoms with van der Waals surface area (Å²) >= 11 is 0. The van der Waals surface area contributed by atoms with Crippen molar-refractivity contribution in [3.05, 3.63) is 24.3 Å². The highest BCUT2D eigenvalue weighted by molar-refractivity contribution is 7.93. The average molecular weight is 323 g/mol. The fraction of sp³-hybridized carbons (Fsp3) is 0.533. The third-order valence-electron chi connectivity index (χ3n) is 4.13. The summed E-state index contributed by atoms with van der Waals surface area (Å²) in [7, 11) is -3.15. The molecule has 2 fully saturated rings. The van der Waals surface area contributed by atoms with E-state index in [9.17, 15) is 13.2 Å². The van der Waals surface area contributed by atoms with Gasteiger partial charge in [-0.3, -0.25) is 9.10 Å². The minimum absolute atomic E-state index is 0.0130. The van der Waals surface area contributed by atoms with E-state index in [1.807, 2.05) is 0 Å². The Balaban J connectivity index is 1.60. The molecule has 1 aromatic rings. The number of sulfonamides is 1. The Morgan fingerprint density at radius 1 is 1.27 bits per heavy atom. The molecule has 2 heterocycles. The van der Waals surface area contributed by atoms with Crippen LogP contribution in [0.1, 0.15) is 25.7 Å². The second kappa shape index (κ2) is 6.26. The lowest BCUT2D eigenvalue weighted by atomic mass is 10.1. The lowest BCUT2D eigenvalue weighted by Crippen LogP contribution is -2.27. The largest absolute Gasteiger partial charge is 0.326 e. The molecule has 0 aromatic heterocycles. The van der Waals surface area contributed by atoms with Crippen LogP contribution in [-0.4, -0.2) is 39.2 Å². The van der Waals surface area contributed by atoms with Gasteiger partial charge in [-0.05, 0) is 50.1 Å². The van der Waals surface area contributed by atoms with E-state index in [-0.39, 0.29) is 17.7 Å². The Labute approximate surface area is 130 Å². The van der Waals surface area contributed by atoms with Crippen molar-refractivity contribution in [2.45, 2.75) is 31.7 Å². The van der Waals surface area contributed by atoms with Gasteiger partial charge in [-0.15, -0.1) is 0 Å². The molecular formula is C15H21N3O3S. The molecule has 7 heteroatoms. The van der Waals surface area contributed by atoms with Crippen LogP contribution in [0.3, 0.4) is 0 Å². The van der Waals surface area contributed by atoms with E-state index in [2.05, 4.69) is 10.6 Å². The van der Waals surface area contributed by atoms with Crippen LogP contribution in [0.5, 0.6) is 0 Å². The van der Waals surface area contributed by atoms with Crippen molar-refractivity contribution < 1.29 is 13.2 Å². The predicted molar refractivity (Wildman–Crippen MR) is 86.5 cm³/mol. The van der Waals surface area contributed by atoms with E-state index >= 15 is 0 Å². The molecule has 6 nitrogen and oxygen atoms in total. The molecular weight excluding hydrogens is 302 g/mol. The van der Waals surface area contributed by atoms with Crippen LogP contribution in [-0.2, 0) is 14.8 Å². The third kappa shape index (κ3) is 3.41. The van der Waals surface area contributed by atoms with E-state index in [1.54, 1.807) is 24.3 Å². The molecule has 1 atom stereocenters. The Bertz CT molecular complexity index is 637. The van der Waals surface area contributed by atoms with Crippen LogP contribution in [0.25, 0.3) is 0 Å². The molecule has 0 radical (unpaired) electrons. The first-order valence-electron chi connectivity index (χ1n) is 7.68.